The van der Waals surface area contributed by atoms with Crippen LogP contribution in [0.3, 0.4) is 0 Å². The van der Waals surface area contributed by atoms with Gasteiger partial charge >= 0.3 is 0 Å². The molecule has 0 atom stereocenters. The van der Waals surface area contributed by atoms with Crippen LogP contribution >= 0.6 is 0 Å². The first-order valence-electron chi connectivity index (χ1n) is 8.26. The molecule has 0 saturated carbocycles. The number of rotatable bonds is 5. The molecule has 4 nitrogen and oxygen atoms in total. The lowest BCUT2D eigenvalue weighted by Gasteiger charge is -2.26. The molecular formula is C18H27FN2O2. The maximum atomic E-state index is 14.1. The van der Waals surface area contributed by atoms with Crippen LogP contribution in [0.5, 0.6) is 0 Å². The molecule has 0 aliphatic carbocycles. The Morgan fingerprint density at radius 1 is 1.30 bits per heavy atom. The number of carbonyl (C=O) groups is 1. The van der Waals surface area contributed by atoms with Gasteiger partial charge in [0.2, 0.25) is 0 Å². The van der Waals surface area contributed by atoms with E-state index in [0.29, 0.717) is 6.54 Å². The standard InChI is InChI=1S/C18H27FN2O2/c1-18(2,3)14-5-6-15(16(19)13-14)17(22)20-7-4-8-21-9-11-23-12-10-21/h5-6,13H,4,7-12H2,1-3H3,(H,20,22). The fourth-order valence-electron chi connectivity index (χ4n) is 2.59. The largest absolute Gasteiger partial charge is 0.379 e. The summed E-state index contributed by atoms with van der Waals surface area (Å²) in [5, 5.41) is 2.80. The van der Waals surface area contributed by atoms with Gasteiger partial charge in [0.1, 0.15) is 5.82 Å². The van der Waals surface area contributed by atoms with Crippen molar-refractivity contribution in [3.05, 3.63) is 35.1 Å². The highest BCUT2D eigenvalue weighted by Gasteiger charge is 2.18. The van der Waals surface area contributed by atoms with E-state index in [1.165, 1.54) is 6.07 Å². The summed E-state index contributed by atoms with van der Waals surface area (Å²) in [6.45, 7) is 11.0. The lowest BCUT2D eigenvalue weighted by Crippen LogP contribution is -2.38. The van der Waals surface area contributed by atoms with E-state index in [4.69, 9.17) is 4.74 Å². The van der Waals surface area contributed by atoms with Crippen LogP contribution in [-0.2, 0) is 10.2 Å². The summed E-state index contributed by atoms with van der Waals surface area (Å²) < 4.78 is 19.4. The minimum atomic E-state index is -0.455. The Labute approximate surface area is 138 Å². The Kier molecular flexibility index (Phi) is 6.13. The highest BCUT2D eigenvalue weighted by atomic mass is 19.1. The van der Waals surface area contributed by atoms with Gasteiger partial charge in [0.05, 0.1) is 18.8 Å². The topological polar surface area (TPSA) is 41.6 Å². The van der Waals surface area contributed by atoms with Crippen LogP contribution in [-0.4, -0.2) is 50.2 Å². The quantitative estimate of drug-likeness (QED) is 0.847. The average Bonchev–Trinajstić information content (AvgIpc) is 2.51. The lowest BCUT2D eigenvalue weighted by atomic mass is 9.86. The van der Waals surface area contributed by atoms with Gasteiger partial charge in [0.25, 0.3) is 5.91 Å². The molecule has 128 valence electrons. The number of ether oxygens (including phenoxy) is 1. The van der Waals surface area contributed by atoms with E-state index in [1.54, 1.807) is 6.07 Å². The van der Waals surface area contributed by atoms with Crippen LogP contribution in [0.4, 0.5) is 4.39 Å². The Morgan fingerprint density at radius 3 is 2.61 bits per heavy atom. The van der Waals surface area contributed by atoms with Crippen LogP contribution in [0.25, 0.3) is 0 Å². The van der Waals surface area contributed by atoms with Gasteiger partial charge in [-0.3, -0.25) is 9.69 Å². The molecule has 0 radical (unpaired) electrons. The fraction of sp³-hybridized carbons (Fsp3) is 0.611. The third-order valence-corrected chi connectivity index (χ3v) is 4.12. The molecule has 1 aliphatic heterocycles. The van der Waals surface area contributed by atoms with Crippen molar-refractivity contribution in [3.8, 4) is 0 Å². The van der Waals surface area contributed by atoms with Crippen molar-refractivity contribution in [2.24, 2.45) is 0 Å². The number of hydrogen-bond donors (Lipinski definition) is 1. The molecular weight excluding hydrogens is 295 g/mol. The highest BCUT2D eigenvalue weighted by molar-refractivity contribution is 5.94. The monoisotopic (exact) mass is 322 g/mol. The number of halogens is 1. The van der Waals surface area contributed by atoms with E-state index in [-0.39, 0.29) is 16.9 Å². The predicted molar refractivity (Wildman–Crippen MR) is 89.3 cm³/mol. The molecule has 1 N–H and O–H groups in total. The van der Waals surface area contributed by atoms with Crippen LogP contribution in [0.1, 0.15) is 43.1 Å². The molecule has 5 heteroatoms. The minimum absolute atomic E-state index is 0.115. The maximum absolute atomic E-state index is 14.1. The summed E-state index contributed by atoms with van der Waals surface area (Å²) in [5.74, 6) is -0.798. The number of benzene rings is 1. The van der Waals surface area contributed by atoms with Crippen molar-refractivity contribution in [3.63, 3.8) is 0 Å². The van der Waals surface area contributed by atoms with Gasteiger partial charge in [-0.2, -0.15) is 0 Å². The van der Waals surface area contributed by atoms with Gasteiger partial charge in [0.15, 0.2) is 0 Å². The Hall–Kier alpha value is -1.46. The zero-order chi connectivity index (χ0) is 16.9. The third kappa shape index (κ3) is 5.29. The molecule has 1 aromatic carbocycles. The van der Waals surface area contributed by atoms with Crippen molar-refractivity contribution in [2.45, 2.75) is 32.6 Å². The van der Waals surface area contributed by atoms with E-state index >= 15 is 0 Å². The molecule has 1 saturated heterocycles. The van der Waals surface area contributed by atoms with Gasteiger partial charge in [-0.25, -0.2) is 4.39 Å². The lowest BCUT2D eigenvalue weighted by molar-refractivity contribution is 0.0374. The molecule has 0 unspecified atom stereocenters. The number of hydrogen-bond acceptors (Lipinski definition) is 3. The maximum Gasteiger partial charge on any atom is 0.254 e. The average molecular weight is 322 g/mol. The van der Waals surface area contributed by atoms with E-state index < -0.39 is 5.82 Å². The van der Waals surface area contributed by atoms with Crippen LogP contribution < -0.4 is 5.32 Å². The Bertz CT molecular complexity index is 534. The number of amides is 1. The zero-order valence-corrected chi connectivity index (χ0v) is 14.3. The predicted octanol–water partition coefficient (Wildman–Crippen LogP) is 2.58. The third-order valence-electron chi connectivity index (χ3n) is 4.12. The zero-order valence-electron chi connectivity index (χ0n) is 14.3. The summed E-state index contributed by atoms with van der Waals surface area (Å²) in [4.78, 5) is 14.4. The molecule has 1 aromatic rings. The second-order valence-corrected chi connectivity index (χ2v) is 7.01. The number of morpholine rings is 1. The van der Waals surface area contributed by atoms with Crippen molar-refractivity contribution in [1.29, 1.82) is 0 Å². The van der Waals surface area contributed by atoms with Gasteiger partial charge < -0.3 is 10.1 Å². The van der Waals surface area contributed by atoms with Crippen molar-refractivity contribution >= 4 is 5.91 Å². The molecule has 0 aromatic heterocycles. The van der Waals surface area contributed by atoms with Gasteiger partial charge in [-0.05, 0) is 36.1 Å². The Morgan fingerprint density at radius 2 is 2.00 bits per heavy atom. The second kappa shape index (κ2) is 7.88. The number of nitrogens with one attached hydrogen (secondary N) is 1. The van der Waals surface area contributed by atoms with Crippen molar-refractivity contribution < 1.29 is 13.9 Å². The smallest absolute Gasteiger partial charge is 0.254 e. The summed E-state index contributed by atoms with van der Waals surface area (Å²) in [7, 11) is 0. The first-order chi connectivity index (χ1) is 10.9. The summed E-state index contributed by atoms with van der Waals surface area (Å²) >= 11 is 0. The molecule has 0 bridgehead atoms. The number of nitrogens with zero attached hydrogens (tertiary/aromatic N) is 1. The summed E-state index contributed by atoms with van der Waals surface area (Å²) in [6.07, 6.45) is 0.855. The SMILES string of the molecule is CC(C)(C)c1ccc(C(=O)NCCCN2CCOCC2)c(F)c1. The van der Waals surface area contributed by atoms with Crippen molar-refractivity contribution in [2.75, 3.05) is 39.4 Å². The summed E-state index contributed by atoms with van der Waals surface area (Å²) in [5.41, 5.74) is 0.872. The molecule has 0 spiro atoms. The molecule has 2 rings (SSSR count). The minimum Gasteiger partial charge on any atom is -0.379 e. The van der Waals surface area contributed by atoms with Crippen LogP contribution in [0, 0.1) is 5.82 Å². The van der Waals surface area contributed by atoms with Crippen molar-refractivity contribution in [1.82, 2.24) is 10.2 Å². The molecule has 1 heterocycles. The first kappa shape index (κ1) is 17.9. The van der Waals surface area contributed by atoms with Gasteiger partial charge in [0, 0.05) is 19.6 Å². The Balaban J connectivity index is 1.81. The molecule has 1 amide bonds. The van der Waals surface area contributed by atoms with E-state index in [2.05, 4.69) is 10.2 Å². The van der Waals surface area contributed by atoms with Crippen LogP contribution in [0.2, 0.25) is 0 Å². The highest BCUT2D eigenvalue weighted by Crippen LogP contribution is 2.24. The van der Waals surface area contributed by atoms with E-state index in [1.807, 2.05) is 26.8 Å². The van der Waals surface area contributed by atoms with Gasteiger partial charge in [-0.15, -0.1) is 0 Å². The van der Waals surface area contributed by atoms with Gasteiger partial charge in [-0.1, -0.05) is 26.8 Å². The normalized spacial score (nSPS) is 16.3. The second-order valence-electron chi connectivity index (χ2n) is 7.01. The van der Waals surface area contributed by atoms with E-state index in [9.17, 15) is 9.18 Å². The summed E-state index contributed by atoms with van der Waals surface area (Å²) in [6, 6.07) is 4.86. The van der Waals surface area contributed by atoms with Crippen LogP contribution in [0.15, 0.2) is 18.2 Å². The first-order valence-corrected chi connectivity index (χ1v) is 8.26. The molecule has 1 aliphatic rings. The molecule has 23 heavy (non-hydrogen) atoms. The van der Waals surface area contributed by atoms with E-state index in [0.717, 1.165) is 44.8 Å². The fourth-order valence-corrected chi connectivity index (χ4v) is 2.59. The number of carbonyl (C=O) groups excluding carboxylic acids is 1. The molecule has 1 fully saturated rings.